The molecule has 2 aromatic heterocycles. The fourth-order valence-corrected chi connectivity index (χ4v) is 4.26. The molecule has 0 spiro atoms. The summed E-state index contributed by atoms with van der Waals surface area (Å²) < 4.78 is 0. The summed E-state index contributed by atoms with van der Waals surface area (Å²) in [6, 6.07) is 2.06. The number of thiazole rings is 1. The van der Waals surface area contributed by atoms with Crippen LogP contribution in [-0.2, 0) is 6.42 Å². The highest BCUT2D eigenvalue weighted by Gasteiger charge is 2.16. The average Bonchev–Trinajstić information content (AvgIpc) is 3.36. The molecule has 7 heteroatoms. The molecule has 0 radical (unpaired) electrons. The molecule has 6 nitrogen and oxygen atoms in total. The van der Waals surface area contributed by atoms with Gasteiger partial charge in [0.15, 0.2) is 5.13 Å². The summed E-state index contributed by atoms with van der Waals surface area (Å²) in [5.41, 5.74) is 1.17. The van der Waals surface area contributed by atoms with Crippen molar-refractivity contribution in [2.45, 2.75) is 32.1 Å². The van der Waals surface area contributed by atoms with Crippen molar-refractivity contribution in [2.24, 2.45) is 0 Å². The Labute approximate surface area is 146 Å². The Morgan fingerprint density at radius 1 is 1.00 bits per heavy atom. The molecule has 128 valence electrons. The number of nitrogens with zero attached hydrogens (tertiary/aromatic N) is 5. The van der Waals surface area contributed by atoms with Gasteiger partial charge in [0.1, 0.15) is 18.0 Å². The summed E-state index contributed by atoms with van der Waals surface area (Å²) >= 11 is 1.77. The number of hydrogen-bond donors (Lipinski definition) is 1. The molecule has 2 fully saturated rings. The zero-order valence-corrected chi connectivity index (χ0v) is 14.8. The zero-order valence-electron chi connectivity index (χ0n) is 13.9. The van der Waals surface area contributed by atoms with Crippen molar-refractivity contribution in [3.05, 3.63) is 23.5 Å². The van der Waals surface area contributed by atoms with E-state index in [1.54, 1.807) is 17.7 Å². The molecule has 0 saturated carbocycles. The minimum absolute atomic E-state index is 0.847. The quantitative estimate of drug-likeness (QED) is 0.870. The number of aromatic nitrogens is 3. The lowest BCUT2D eigenvalue weighted by atomic mass is 10.3. The van der Waals surface area contributed by atoms with Crippen LogP contribution in [0.2, 0.25) is 0 Å². The number of rotatable bonds is 6. The largest absolute Gasteiger partial charge is 0.370 e. The van der Waals surface area contributed by atoms with Gasteiger partial charge in [-0.3, -0.25) is 0 Å². The molecule has 4 rings (SSSR count). The van der Waals surface area contributed by atoms with Crippen LogP contribution in [-0.4, -0.2) is 47.7 Å². The van der Waals surface area contributed by atoms with Crippen molar-refractivity contribution >= 4 is 28.1 Å². The Kier molecular flexibility index (Phi) is 4.78. The highest BCUT2D eigenvalue weighted by atomic mass is 32.1. The van der Waals surface area contributed by atoms with Crippen molar-refractivity contribution in [3.63, 3.8) is 0 Å². The fourth-order valence-electron chi connectivity index (χ4n) is 3.35. The van der Waals surface area contributed by atoms with Crippen LogP contribution in [0.1, 0.15) is 31.4 Å². The van der Waals surface area contributed by atoms with Crippen molar-refractivity contribution in [3.8, 4) is 0 Å². The first-order valence-corrected chi connectivity index (χ1v) is 9.77. The summed E-state index contributed by atoms with van der Waals surface area (Å²) in [6.45, 7) is 5.37. The molecule has 0 amide bonds. The minimum Gasteiger partial charge on any atom is -0.370 e. The molecule has 0 aromatic carbocycles. The van der Waals surface area contributed by atoms with Gasteiger partial charge in [0.2, 0.25) is 0 Å². The molecule has 0 unspecified atom stereocenters. The SMILES string of the molecule is c1nc(NCCc2csc(N3CCCC3)n2)cc(N2CCCC2)n1. The van der Waals surface area contributed by atoms with Crippen LogP contribution in [0.15, 0.2) is 17.8 Å². The predicted octanol–water partition coefficient (Wildman–Crippen LogP) is 2.79. The smallest absolute Gasteiger partial charge is 0.185 e. The van der Waals surface area contributed by atoms with Crippen LogP contribution in [0.5, 0.6) is 0 Å². The molecule has 0 aliphatic carbocycles. The summed E-state index contributed by atoms with van der Waals surface area (Å²) in [4.78, 5) is 18.2. The minimum atomic E-state index is 0.847. The Morgan fingerprint density at radius 2 is 1.75 bits per heavy atom. The Balaban J connectivity index is 1.30. The fraction of sp³-hybridized carbons (Fsp3) is 0.588. The Hall–Kier alpha value is -1.89. The average molecular weight is 344 g/mol. The monoisotopic (exact) mass is 344 g/mol. The molecule has 4 heterocycles. The van der Waals surface area contributed by atoms with Crippen LogP contribution in [0, 0.1) is 0 Å². The van der Waals surface area contributed by atoms with Gasteiger partial charge in [-0.05, 0) is 25.7 Å². The molecule has 24 heavy (non-hydrogen) atoms. The van der Waals surface area contributed by atoms with E-state index in [1.807, 2.05) is 0 Å². The molecule has 2 saturated heterocycles. The maximum atomic E-state index is 4.77. The van der Waals surface area contributed by atoms with Gasteiger partial charge < -0.3 is 15.1 Å². The summed E-state index contributed by atoms with van der Waals surface area (Å²) in [7, 11) is 0. The second-order valence-corrected chi connectivity index (χ2v) is 7.28. The van der Waals surface area contributed by atoms with Gasteiger partial charge >= 0.3 is 0 Å². The molecule has 2 aliphatic rings. The van der Waals surface area contributed by atoms with Crippen molar-refractivity contribution in [2.75, 3.05) is 47.8 Å². The van der Waals surface area contributed by atoms with E-state index in [4.69, 9.17) is 4.98 Å². The molecular weight excluding hydrogens is 320 g/mol. The van der Waals surface area contributed by atoms with Crippen molar-refractivity contribution < 1.29 is 0 Å². The molecule has 0 atom stereocenters. The second-order valence-electron chi connectivity index (χ2n) is 6.45. The standard InChI is InChI=1S/C17H24N6S/c1-2-8-22(7-1)16-11-15(19-13-20-16)18-6-5-14-12-24-17(21-14)23-9-3-4-10-23/h11-13H,1-10H2,(H,18,19,20). The predicted molar refractivity (Wildman–Crippen MR) is 99.2 cm³/mol. The Bertz CT molecular complexity index is 661. The van der Waals surface area contributed by atoms with Gasteiger partial charge in [-0.2, -0.15) is 0 Å². The van der Waals surface area contributed by atoms with Gasteiger partial charge in [-0.1, -0.05) is 0 Å². The first-order valence-electron chi connectivity index (χ1n) is 8.89. The van der Waals surface area contributed by atoms with Gasteiger partial charge in [0, 0.05) is 50.6 Å². The van der Waals surface area contributed by atoms with E-state index in [0.717, 1.165) is 50.8 Å². The van der Waals surface area contributed by atoms with E-state index < -0.39 is 0 Å². The lowest BCUT2D eigenvalue weighted by Crippen LogP contribution is -2.19. The second kappa shape index (κ2) is 7.34. The van der Waals surface area contributed by atoms with E-state index in [1.165, 1.54) is 36.5 Å². The van der Waals surface area contributed by atoms with Crippen molar-refractivity contribution in [1.29, 1.82) is 0 Å². The first kappa shape index (κ1) is 15.6. The molecule has 0 bridgehead atoms. The molecule has 1 N–H and O–H groups in total. The molecule has 2 aromatic rings. The third-order valence-electron chi connectivity index (χ3n) is 4.69. The van der Waals surface area contributed by atoms with Crippen LogP contribution in [0.25, 0.3) is 0 Å². The lowest BCUT2D eigenvalue weighted by Gasteiger charge is -2.16. The van der Waals surface area contributed by atoms with Crippen LogP contribution >= 0.6 is 11.3 Å². The number of anilines is 3. The summed E-state index contributed by atoms with van der Waals surface area (Å²) in [5.74, 6) is 1.94. The first-order chi connectivity index (χ1) is 11.9. The van der Waals surface area contributed by atoms with Gasteiger partial charge in [-0.15, -0.1) is 11.3 Å². The van der Waals surface area contributed by atoms with E-state index in [0.29, 0.717) is 0 Å². The molecule has 2 aliphatic heterocycles. The van der Waals surface area contributed by atoms with Gasteiger partial charge in [-0.25, -0.2) is 15.0 Å². The number of hydrogen-bond acceptors (Lipinski definition) is 7. The maximum absolute atomic E-state index is 4.77. The van der Waals surface area contributed by atoms with Crippen molar-refractivity contribution in [1.82, 2.24) is 15.0 Å². The third kappa shape index (κ3) is 3.61. The summed E-state index contributed by atoms with van der Waals surface area (Å²) in [6.07, 6.45) is 7.69. The normalized spacial score (nSPS) is 17.7. The molecular formula is C17H24N6S. The van der Waals surface area contributed by atoms with Crippen LogP contribution in [0.4, 0.5) is 16.8 Å². The van der Waals surface area contributed by atoms with E-state index in [2.05, 4.69) is 36.5 Å². The van der Waals surface area contributed by atoms with Crippen LogP contribution in [0.3, 0.4) is 0 Å². The highest BCUT2D eigenvalue weighted by molar-refractivity contribution is 7.13. The third-order valence-corrected chi connectivity index (χ3v) is 5.64. The maximum Gasteiger partial charge on any atom is 0.185 e. The summed E-state index contributed by atoms with van der Waals surface area (Å²) in [5, 5.41) is 6.78. The topological polar surface area (TPSA) is 57.2 Å². The van der Waals surface area contributed by atoms with E-state index >= 15 is 0 Å². The highest BCUT2D eigenvalue weighted by Crippen LogP contribution is 2.24. The number of nitrogens with one attached hydrogen (secondary N) is 1. The van der Waals surface area contributed by atoms with Gasteiger partial charge in [0.05, 0.1) is 5.69 Å². The van der Waals surface area contributed by atoms with Crippen LogP contribution < -0.4 is 15.1 Å². The van der Waals surface area contributed by atoms with E-state index in [-0.39, 0.29) is 0 Å². The Morgan fingerprint density at radius 3 is 2.54 bits per heavy atom. The zero-order chi connectivity index (χ0) is 16.2. The lowest BCUT2D eigenvalue weighted by molar-refractivity contribution is 0.912. The van der Waals surface area contributed by atoms with E-state index in [9.17, 15) is 0 Å². The van der Waals surface area contributed by atoms with Gasteiger partial charge in [0.25, 0.3) is 0 Å².